The fourth-order valence-corrected chi connectivity index (χ4v) is 2.11. The molecule has 2 aromatic heterocycles. The highest BCUT2D eigenvalue weighted by molar-refractivity contribution is 5.77. The van der Waals surface area contributed by atoms with Crippen molar-refractivity contribution in [3.8, 4) is 0 Å². The van der Waals surface area contributed by atoms with Gasteiger partial charge in [-0.05, 0) is 45.2 Å². The van der Waals surface area contributed by atoms with Gasteiger partial charge in [-0.15, -0.1) is 0 Å². The molecule has 2 rings (SSSR count). The van der Waals surface area contributed by atoms with Crippen molar-refractivity contribution in [3.05, 3.63) is 47.8 Å². The highest BCUT2D eigenvalue weighted by Crippen LogP contribution is 2.18. The van der Waals surface area contributed by atoms with E-state index in [9.17, 15) is 4.79 Å². The molecule has 2 heterocycles. The second kappa shape index (κ2) is 6.63. The summed E-state index contributed by atoms with van der Waals surface area (Å²) in [5.41, 5.74) is 0. The number of carbonyl (C=O) groups excluding carboxylic acids is 1. The smallest absolute Gasteiger partial charge is 0.236 e. The highest BCUT2D eigenvalue weighted by Gasteiger charge is 2.19. The number of likely N-dealkylation sites (N-methyl/N-ethyl adjacent to an activating group) is 2. The molecule has 0 aliphatic rings. The number of rotatable bonds is 6. The molecule has 0 bridgehead atoms. The van der Waals surface area contributed by atoms with Crippen LogP contribution in [0.15, 0.2) is 39.4 Å². The summed E-state index contributed by atoms with van der Waals surface area (Å²) < 4.78 is 10.9. The molecule has 0 radical (unpaired) electrons. The van der Waals surface area contributed by atoms with Gasteiger partial charge in [0, 0.05) is 7.05 Å². The zero-order valence-electron chi connectivity index (χ0n) is 13.0. The summed E-state index contributed by atoms with van der Waals surface area (Å²) in [6.45, 7) is 4.72. The first-order valence-corrected chi connectivity index (χ1v) is 7.00. The molecule has 0 saturated carbocycles. The van der Waals surface area contributed by atoms with Crippen molar-refractivity contribution < 1.29 is 13.6 Å². The lowest BCUT2D eigenvalue weighted by Gasteiger charge is -2.25. The second-order valence-electron chi connectivity index (χ2n) is 5.37. The average Bonchev–Trinajstić information content (AvgIpc) is 3.09. The van der Waals surface area contributed by atoms with Crippen molar-refractivity contribution in [1.82, 2.24) is 9.80 Å². The van der Waals surface area contributed by atoms with Crippen LogP contribution in [0.1, 0.15) is 30.2 Å². The molecule has 5 nitrogen and oxygen atoms in total. The monoisotopic (exact) mass is 290 g/mol. The number of aryl methyl sites for hydroxylation is 1. The van der Waals surface area contributed by atoms with Gasteiger partial charge in [-0.2, -0.15) is 0 Å². The molecule has 0 saturated heterocycles. The number of hydrogen-bond donors (Lipinski definition) is 0. The summed E-state index contributed by atoms with van der Waals surface area (Å²) in [7, 11) is 3.70. The maximum Gasteiger partial charge on any atom is 0.236 e. The maximum atomic E-state index is 12.3. The Morgan fingerprint density at radius 1 is 1.29 bits per heavy atom. The first-order valence-electron chi connectivity index (χ1n) is 7.00. The van der Waals surface area contributed by atoms with Crippen LogP contribution >= 0.6 is 0 Å². The van der Waals surface area contributed by atoms with Gasteiger partial charge in [-0.25, -0.2) is 0 Å². The predicted octanol–water partition coefficient (Wildman–Crippen LogP) is 2.83. The van der Waals surface area contributed by atoms with Crippen molar-refractivity contribution in [2.24, 2.45) is 0 Å². The average molecular weight is 290 g/mol. The summed E-state index contributed by atoms with van der Waals surface area (Å²) in [6, 6.07) is 7.63. The molecule has 114 valence electrons. The van der Waals surface area contributed by atoms with E-state index in [-0.39, 0.29) is 11.9 Å². The third-order valence-corrected chi connectivity index (χ3v) is 3.62. The van der Waals surface area contributed by atoms with E-state index in [0.29, 0.717) is 13.1 Å². The Kier molecular flexibility index (Phi) is 4.85. The number of carbonyl (C=O) groups is 1. The molecule has 0 spiro atoms. The van der Waals surface area contributed by atoms with E-state index in [1.54, 1.807) is 18.2 Å². The van der Waals surface area contributed by atoms with E-state index >= 15 is 0 Å². The minimum absolute atomic E-state index is 0.0463. The largest absolute Gasteiger partial charge is 0.468 e. The van der Waals surface area contributed by atoms with Crippen molar-refractivity contribution in [3.63, 3.8) is 0 Å². The Hall–Kier alpha value is -2.01. The van der Waals surface area contributed by atoms with Gasteiger partial charge in [0.15, 0.2) is 0 Å². The topological polar surface area (TPSA) is 49.8 Å². The van der Waals surface area contributed by atoms with Crippen LogP contribution in [0.3, 0.4) is 0 Å². The molecule has 0 fully saturated rings. The van der Waals surface area contributed by atoms with E-state index < -0.39 is 0 Å². The van der Waals surface area contributed by atoms with Crippen molar-refractivity contribution in [1.29, 1.82) is 0 Å². The minimum atomic E-state index is 0.0463. The van der Waals surface area contributed by atoms with Gasteiger partial charge < -0.3 is 13.7 Å². The first kappa shape index (κ1) is 15.4. The minimum Gasteiger partial charge on any atom is -0.468 e. The zero-order valence-corrected chi connectivity index (χ0v) is 13.0. The van der Waals surface area contributed by atoms with Gasteiger partial charge in [-0.1, -0.05) is 0 Å². The van der Waals surface area contributed by atoms with Crippen LogP contribution in [0.4, 0.5) is 0 Å². The third-order valence-electron chi connectivity index (χ3n) is 3.62. The van der Waals surface area contributed by atoms with Crippen LogP contribution in [0, 0.1) is 6.92 Å². The van der Waals surface area contributed by atoms with Gasteiger partial charge >= 0.3 is 0 Å². The molecule has 0 N–H and O–H groups in total. The Morgan fingerprint density at radius 3 is 2.62 bits per heavy atom. The molecular weight excluding hydrogens is 268 g/mol. The van der Waals surface area contributed by atoms with Crippen molar-refractivity contribution in [2.75, 3.05) is 20.6 Å². The Balaban J connectivity index is 1.88. The Morgan fingerprint density at radius 2 is 2.05 bits per heavy atom. The van der Waals surface area contributed by atoms with Gasteiger partial charge in [-0.3, -0.25) is 9.69 Å². The Bertz CT molecular complexity index is 574. The van der Waals surface area contributed by atoms with E-state index in [2.05, 4.69) is 0 Å². The lowest BCUT2D eigenvalue weighted by Crippen LogP contribution is -2.37. The van der Waals surface area contributed by atoms with E-state index in [1.807, 2.05) is 50.1 Å². The normalized spacial score (nSPS) is 12.6. The molecule has 5 heteroatoms. The predicted molar refractivity (Wildman–Crippen MR) is 79.7 cm³/mol. The van der Waals surface area contributed by atoms with E-state index in [4.69, 9.17) is 8.83 Å². The van der Waals surface area contributed by atoms with Crippen LogP contribution in [0.25, 0.3) is 0 Å². The summed E-state index contributed by atoms with van der Waals surface area (Å²) in [6.07, 6.45) is 1.65. The van der Waals surface area contributed by atoms with Crippen LogP contribution in [-0.4, -0.2) is 36.3 Å². The molecule has 0 aliphatic heterocycles. The standard InChI is InChI=1S/C16H22N2O3/c1-12-7-8-14(21-12)10-18(4)16(19)11-17(3)13(2)15-6-5-9-20-15/h5-9,13H,10-11H2,1-4H3. The summed E-state index contributed by atoms with van der Waals surface area (Å²) >= 11 is 0. The van der Waals surface area contributed by atoms with Crippen molar-refractivity contribution >= 4 is 5.91 Å². The molecule has 1 amide bonds. The molecule has 21 heavy (non-hydrogen) atoms. The molecule has 0 aliphatic carbocycles. The third kappa shape index (κ3) is 3.98. The SMILES string of the molecule is Cc1ccc(CN(C)C(=O)CN(C)C(C)c2ccco2)o1. The van der Waals surface area contributed by atoms with Gasteiger partial charge in [0.1, 0.15) is 17.3 Å². The lowest BCUT2D eigenvalue weighted by atomic mass is 10.2. The van der Waals surface area contributed by atoms with Crippen LogP contribution in [0.2, 0.25) is 0 Å². The Labute approximate surface area is 125 Å². The van der Waals surface area contributed by atoms with Crippen molar-refractivity contribution in [2.45, 2.75) is 26.4 Å². The zero-order chi connectivity index (χ0) is 15.4. The number of nitrogens with zero attached hydrogens (tertiary/aromatic N) is 2. The quantitative estimate of drug-likeness (QED) is 0.821. The molecule has 1 atom stereocenters. The van der Waals surface area contributed by atoms with Gasteiger partial charge in [0.25, 0.3) is 0 Å². The lowest BCUT2D eigenvalue weighted by molar-refractivity contribution is -0.132. The van der Waals surface area contributed by atoms with Gasteiger partial charge in [0.2, 0.25) is 5.91 Å². The molecular formula is C16H22N2O3. The summed E-state index contributed by atoms with van der Waals surface area (Å²) in [5, 5.41) is 0. The number of hydrogen-bond acceptors (Lipinski definition) is 4. The fraction of sp³-hybridized carbons (Fsp3) is 0.438. The number of furan rings is 2. The second-order valence-corrected chi connectivity index (χ2v) is 5.37. The number of amides is 1. The molecule has 2 aromatic rings. The summed E-state index contributed by atoms with van der Waals surface area (Å²) in [4.78, 5) is 15.9. The van der Waals surface area contributed by atoms with E-state index in [1.165, 1.54) is 0 Å². The summed E-state index contributed by atoms with van der Waals surface area (Å²) in [5.74, 6) is 2.55. The maximum absolute atomic E-state index is 12.3. The first-order chi connectivity index (χ1) is 9.97. The van der Waals surface area contributed by atoms with Gasteiger partial charge in [0.05, 0.1) is 25.4 Å². The molecule has 0 aromatic carbocycles. The van der Waals surface area contributed by atoms with Crippen LogP contribution in [0.5, 0.6) is 0 Å². The van der Waals surface area contributed by atoms with E-state index in [0.717, 1.165) is 17.3 Å². The van der Waals surface area contributed by atoms with Crippen LogP contribution in [-0.2, 0) is 11.3 Å². The molecule has 1 unspecified atom stereocenters. The fourth-order valence-electron chi connectivity index (χ4n) is 2.11. The van der Waals surface area contributed by atoms with Crippen LogP contribution < -0.4 is 0 Å². The highest BCUT2D eigenvalue weighted by atomic mass is 16.3.